The number of hydrogen-bond acceptors (Lipinski definition) is 3. The van der Waals surface area contributed by atoms with Crippen LogP contribution in [0.3, 0.4) is 0 Å². The van der Waals surface area contributed by atoms with Crippen molar-refractivity contribution >= 4 is 10.0 Å². The van der Waals surface area contributed by atoms with E-state index in [1.165, 1.54) is 6.07 Å². The predicted molar refractivity (Wildman–Crippen MR) is 73.1 cm³/mol. The highest BCUT2D eigenvalue weighted by molar-refractivity contribution is 7.89. The fourth-order valence-corrected chi connectivity index (χ4v) is 4.04. The maximum absolute atomic E-state index is 12.5. The molecule has 4 nitrogen and oxygen atoms in total. The number of hydrogen-bond donors (Lipinski definition) is 0. The van der Waals surface area contributed by atoms with E-state index in [4.69, 9.17) is 5.26 Å². The molecular formula is C14H18N2O2S. The first-order valence-electron chi connectivity index (χ1n) is 6.50. The van der Waals surface area contributed by atoms with E-state index in [9.17, 15) is 8.42 Å². The summed E-state index contributed by atoms with van der Waals surface area (Å²) in [4.78, 5) is 0.292. The van der Waals surface area contributed by atoms with Crippen molar-refractivity contribution in [3.05, 3.63) is 29.3 Å². The molecule has 0 aliphatic carbocycles. The number of sulfonamides is 1. The van der Waals surface area contributed by atoms with Crippen LogP contribution in [0.2, 0.25) is 0 Å². The van der Waals surface area contributed by atoms with E-state index in [0.717, 1.165) is 12.8 Å². The second-order valence-electron chi connectivity index (χ2n) is 5.01. The van der Waals surface area contributed by atoms with Gasteiger partial charge in [0.05, 0.1) is 16.5 Å². The maximum Gasteiger partial charge on any atom is 0.243 e. The molecule has 0 bridgehead atoms. The van der Waals surface area contributed by atoms with E-state index in [1.54, 1.807) is 23.4 Å². The highest BCUT2D eigenvalue weighted by Crippen LogP contribution is 2.26. The average molecular weight is 278 g/mol. The Kier molecular flexibility index (Phi) is 3.93. The number of rotatable bonds is 3. The molecule has 0 amide bonds. The van der Waals surface area contributed by atoms with Gasteiger partial charge in [-0.05, 0) is 43.0 Å². The van der Waals surface area contributed by atoms with Crippen LogP contribution in [0, 0.1) is 24.2 Å². The standard InChI is InChI=1S/C14H18N2O2S/c1-3-12-6-7-16(10-12)19(17,18)14-5-4-13(9-15)11(2)8-14/h4-5,8,12H,3,6-7,10H2,1-2H3. The molecule has 0 saturated carbocycles. The van der Waals surface area contributed by atoms with E-state index in [0.29, 0.717) is 35.0 Å². The monoisotopic (exact) mass is 278 g/mol. The van der Waals surface area contributed by atoms with Gasteiger partial charge in [-0.25, -0.2) is 8.42 Å². The molecule has 19 heavy (non-hydrogen) atoms. The molecule has 2 rings (SSSR count). The largest absolute Gasteiger partial charge is 0.243 e. The Morgan fingerprint density at radius 3 is 2.74 bits per heavy atom. The average Bonchev–Trinajstić information content (AvgIpc) is 2.88. The van der Waals surface area contributed by atoms with Crippen molar-refractivity contribution < 1.29 is 8.42 Å². The highest BCUT2D eigenvalue weighted by atomic mass is 32.2. The first-order chi connectivity index (χ1) is 8.98. The van der Waals surface area contributed by atoms with E-state index in [2.05, 4.69) is 13.0 Å². The molecule has 1 fully saturated rings. The highest BCUT2D eigenvalue weighted by Gasteiger charge is 2.31. The summed E-state index contributed by atoms with van der Waals surface area (Å²) in [7, 11) is -3.41. The normalized spacial score (nSPS) is 20.4. The third kappa shape index (κ3) is 2.65. The molecule has 102 valence electrons. The van der Waals surface area contributed by atoms with Crippen molar-refractivity contribution in [1.29, 1.82) is 5.26 Å². The predicted octanol–water partition coefficient (Wildman–Crippen LogP) is 2.29. The number of nitriles is 1. The van der Waals surface area contributed by atoms with Crippen LogP contribution in [0.25, 0.3) is 0 Å². The first-order valence-corrected chi connectivity index (χ1v) is 7.94. The summed E-state index contributed by atoms with van der Waals surface area (Å²) < 4.78 is 26.5. The van der Waals surface area contributed by atoms with Crippen LogP contribution in [-0.4, -0.2) is 25.8 Å². The molecule has 1 atom stereocenters. The fourth-order valence-electron chi connectivity index (χ4n) is 2.42. The molecule has 1 unspecified atom stereocenters. The summed E-state index contributed by atoms with van der Waals surface area (Å²) in [6.07, 6.45) is 1.95. The third-order valence-corrected chi connectivity index (χ3v) is 5.64. The fraction of sp³-hybridized carbons (Fsp3) is 0.500. The summed E-state index contributed by atoms with van der Waals surface area (Å²) >= 11 is 0. The number of nitrogens with zero attached hydrogens (tertiary/aromatic N) is 2. The lowest BCUT2D eigenvalue weighted by atomic mass is 10.1. The number of aryl methyl sites for hydroxylation is 1. The molecule has 5 heteroatoms. The van der Waals surface area contributed by atoms with Crippen molar-refractivity contribution in [3.63, 3.8) is 0 Å². The van der Waals surface area contributed by atoms with Crippen LogP contribution in [0.5, 0.6) is 0 Å². The molecule has 1 saturated heterocycles. The SMILES string of the molecule is CCC1CCN(S(=O)(=O)c2ccc(C#N)c(C)c2)C1. The van der Waals surface area contributed by atoms with Gasteiger partial charge in [-0.1, -0.05) is 13.3 Å². The van der Waals surface area contributed by atoms with Crippen molar-refractivity contribution in [1.82, 2.24) is 4.31 Å². The molecular weight excluding hydrogens is 260 g/mol. The zero-order valence-electron chi connectivity index (χ0n) is 11.3. The molecule has 0 N–H and O–H groups in total. The molecule has 1 aromatic rings. The van der Waals surface area contributed by atoms with Crippen molar-refractivity contribution in [2.24, 2.45) is 5.92 Å². The lowest BCUT2D eigenvalue weighted by Crippen LogP contribution is -2.28. The quantitative estimate of drug-likeness (QED) is 0.852. The van der Waals surface area contributed by atoms with Crippen molar-refractivity contribution in [2.75, 3.05) is 13.1 Å². The van der Waals surface area contributed by atoms with Gasteiger partial charge in [0.2, 0.25) is 10.0 Å². The summed E-state index contributed by atoms with van der Waals surface area (Å²) in [5, 5.41) is 8.88. The molecule has 0 radical (unpaired) electrons. The van der Waals surface area contributed by atoms with Crippen LogP contribution in [0.15, 0.2) is 23.1 Å². The van der Waals surface area contributed by atoms with Crippen LogP contribution in [0.4, 0.5) is 0 Å². The van der Waals surface area contributed by atoms with Gasteiger partial charge in [0.15, 0.2) is 0 Å². The second-order valence-corrected chi connectivity index (χ2v) is 6.95. The van der Waals surface area contributed by atoms with Gasteiger partial charge in [0, 0.05) is 13.1 Å². The number of benzene rings is 1. The summed E-state index contributed by atoms with van der Waals surface area (Å²) in [5.74, 6) is 0.467. The van der Waals surface area contributed by atoms with E-state index in [1.807, 2.05) is 0 Å². The zero-order valence-corrected chi connectivity index (χ0v) is 12.1. The third-order valence-electron chi connectivity index (χ3n) is 3.78. The second kappa shape index (κ2) is 5.32. The van der Waals surface area contributed by atoms with Crippen LogP contribution < -0.4 is 0 Å². The zero-order chi connectivity index (χ0) is 14.0. The van der Waals surface area contributed by atoms with Gasteiger partial charge in [-0.2, -0.15) is 9.57 Å². The minimum absolute atomic E-state index is 0.292. The van der Waals surface area contributed by atoms with E-state index >= 15 is 0 Å². The molecule has 1 aromatic carbocycles. The Labute approximate surface area is 114 Å². The van der Waals surface area contributed by atoms with Crippen LogP contribution in [0.1, 0.15) is 30.9 Å². The van der Waals surface area contributed by atoms with Gasteiger partial charge in [0.1, 0.15) is 0 Å². The Bertz CT molecular complexity index is 617. The Morgan fingerprint density at radius 1 is 1.47 bits per heavy atom. The van der Waals surface area contributed by atoms with Crippen molar-refractivity contribution in [3.8, 4) is 6.07 Å². The molecule has 1 heterocycles. The topological polar surface area (TPSA) is 61.2 Å². The Balaban J connectivity index is 2.31. The van der Waals surface area contributed by atoms with Gasteiger partial charge in [0.25, 0.3) is 0 Å². The van der Waals surface area contributed by atoms with Crippen molar-refractivity contribution in [2.45, 2.75) is 31.6 Å². The molecule has 1 aliphatic rings. The molecule has 0 spiro atoms. The maximum atomic E-state index is 12.5. The Hall–Kier alpha value is -1.38. The summed E-state index contributed by atoms with van der Waals surface area (Å²) in [5.41, 5.74) is 1.22. The lowest BCUT2D eigenvalue weighted by Gasteiger charge is -2.17. The Morgan fingerprint density at radius 2 is 2.21 bits per heavy atom. The van der Waals surface area contributed by atoms with Gasteiger partial charge in [-0.15, -0.1) is 0 Å². The van der Waals surface area contributed by atoms with Gasteiger partial charge in [-0.3, -0.25) is 0 Å². The van der Waals surface area contributed by atoms with Crippen LogP contribution >= 0.6 is 0 Å². The summed E-state index contributed by atoms with van der Waals surface area (Å²) in [6, 6.07) is 6.75. The van der Waals surface area contributed by atoms with E-state index in [-0.39, 0.29) is 0 Å². The summed E-state index contributed by atoms with van der Waals surface area (Å²) in [6.45, 7) is 5.06. The lowest BCUT2D eigenvalue weighted by molar-refractivity contribution is 0.453. The molecule has 1 aliphatic heterocycles. The van der Waals surface area contributed by atoms with Crippen LogP contribution in [-0.2, 0) is 10.0 Å². The minimum Gasteiger partial charge on any atom is -0.207 e. The van der Waals surface area contributed by atoms with Gasteiger partial charge < -0.3 is 0 Å². The first kappa shape index (κ1) is 14.0. The smallest absolute Gasteiger partial charge is 0.207 e. The minimum atomic E-state index is -3.41. The molecule has 0 aromatic heterocycles. The van der Waals surface area contributed by atoms with E-state index < -0.39 is 10.0 Å². The van der Waals surface area contributed by atoms with Gasteiger partial charge >= 0.3 is 0 Å².